The highest BCUT2D eigenvalue weighted by Gasteiger charge is 2.29. The Bertz CT molecular complexity index is 939. The van der Waals surface area contributed by atoms with Gasteiger partial charge in [-0.2, -0.15) is 5.10 Å². The normalized spacial score (nSPS) is 24.8. The van der Waals surface area contributed by atoms with Crippen LogP contribution in [0.3, 0.4) is 0 Å². The van der Waals surface area contributed by atoms with Gasteiger partial charge < -0.3 is 16.4 Å². The molecular weight excluding hydrogens is 358 g/mol. The van der Waals surface area contributed by atoms with E-state index >= 15 is 0 Å². The van der Waals surface area contributed by atoms with E-state index in [4.69, 9.17) is 10.8 Å². The third kappa shape index (κ3) is 3.12. The van der Waals surface area contributed by atoms with Crippen molar-refractivity contribution in [1.29, 1.82) is 0 Å². The number of rotatable bonds is 4. The van der Waals surface area contributed by atoms with Crippen LogP contribution in [0.5, 0.6) is 0 Å². The molecule has 0 bridgehead atoms. The van der Waals surface area contributed by atoms with E-state index in [1.54, 1.807) is 11.8 Å². The molecule has 0 radical (unpaired) electrons. The topological polar surface area (TPSA) is 93.7 Å². The Hall–Kier alpha value is -2.32. The number of nitrogens with zero attached hydrogens (tertiary/aromatic N) is 4. The van der Waals surface area contributed by atoms with Gasteiger partial charge >= 0.3 is 0 Å². The SMILES string of the molecule is Nc1ncnc2c1c(SC1=CNC3C=CC=CC13)nn2CC1CCNCC1. The van der Waals surface area contributed by atoms with Crippen molar-refractivity contribution in [1.82, 2.24) is 30.4 Å². The van der Waals surface area contributed by atoms with Gasteiger partial charge in [0.2, 0.25) is 0 Å². The maximum absolute atomic E-state index is 6.22. The summed E-state index contributed by atoms with van der Waals surface area (Å²) in [6.45, 7) is 3.02. The van der Waals surface area contributed by atoms with Crippen molar-refractivity contribution in [3.63, 3.8) is 0 Å². The van der Waals surface area contributed by atoms with Gasteiger partial charge in [0.25, 0.3) is 0 Å². The molecule has 0 spiro atoms. The van der Waals surface area contributed by atoms with Gasteiger partial charge in [-0.05, 0) is 31.8 Å². The summed E-state index contributed by atoms with van der Waals surface area (Å²) in [5, 5.41) is 13.5. The highest BCUT2D eigenvalue weighted by molar-refractivity contribution is 8.03. The second-order valence-corrected chi connectivity index (χ2v) is 8.34. The number of piperidine rings is 1. The Kier molecular flexibility index (Phi) is 4.37. The van der Waals surface area contributed by atoms with Crippen LogP contribution in [0, 0.1) is 11.8 Å². The molecule has 2 aromatic rings. The van der Waals surface area contributed by atoms with Gasteiger partial charge in [-0.3, -0.25) is 0 Å². The maximum atomic E-state index is 6.22. The third-order valence-electron chi connectivity index (χ3n) is 5.51. The molecule has 4 N–H and O–H groups in total. The quantitative estimate of drug-likeness (QED) is 0.746. The van der Waals surface area contributed by atoms with E-state index in [1.807, 2.05) is 4.68 Å². The standard InChI is InChI=1S/C19H23N7S/c20-17-16-18(24-11-23-17)26(10-12-5-7-21-8-6-12)25-19(16)27-15-9-22-14-4-2-1-3-13(14)15/h1-4,9,11-14,21-22H,5-8,10H2,(H2,20,23,24). The molecule has 1 aliphatic carbocycles. The molecule has 0 amide bonds. The molecule has 27 heavy (non-hydrogen) atoms. The third-order valence-corrected chi connectivity index (χ3v) is 6.62. The average Bonchev–Trinajstić information content (AvgIpc) is 3.26. The average molecular weight is 382 g/mol. The number of fused-ring (bicyclic) bond motifs is 2. The minimum absolute atomic E-state index is 0.328. The number of hydrogen-bond donors (Lipinski definition) is 3. The number of hydrogen-bond acceptors (Lipinski definition) is 7. The number of allylic oxidation sites excluding steroid dienone is 2. The molecule has 3 aliphatic rings. The molecule has 7 nitrogen and oxygen atoms in total. The fraction of sp³-hybridized carbons (Fsp3) is 0.421. The minimum Gasteiger partial charge on any atom is -0.383 e. The Morgan fingerprint density at radius 1 is 1.19 bits per heavy atom. The lowest BCUT2D eigenvalue weighted by Crippen LogP contribution is -2.30. The van der Waals surface area contributed by atoms with Crippen molar-refractivity contribution in [2.75, 3.05) is 18.8 Å². The maximum Gasteiger partial charge on any atom is 0.164 e. The van der Waals surface area contributed by atoms with Gasteiger partial charge in [-0.15, -0.1) is 0 Å². The van der Waals surface area contributed by atoms with Crippen LogP contribution in [0.4, 0.5) is 5.82 Å². The van der Waals surface area contributed by atoms with Crippen molar-refractivity contribution in [2.24, 2.45) is 11.8 Å². The molecule has 0 saturated carbocycles. The summed E-state index contributed by atoms with van der Waals surface area (Å²) in [4.78, 5) is 9.97. The van der Waals surface area contributed by atoms with Crippen LogP contribution in [0.25, 0.3) is 11.0 Å². The number of anilines is 1. The molecule has 8 heteroatoms. The van der Waals surface area contributed by atoms with Crippen LogP contribution in [-0.4, -0.2) is 38.9 Å². The molecule has 5 rings (SSSR count). The number of nitrogens with two attached hydrogens (primary N) is 1. The van der Waals surface area contributed by atoms with E-state index in [0.717, 1.165) is 35.7 Å². The molecule has 2 atom stereocenters. The van der Waals surface area contributed by atoms with Gasteiger partial charge in [0.05, 0.1) is 11.4 Å². The van der Waals surface area contributed by atoms with Gasteiger partial charge in [-0.25, -0.2) is 14.6 Å². The van der Waals surface area contributed by atoms with E-state index in [1.165, 1.54) is 24.1 Å². The van der Waals surface area contributed by atoms with Gasteiger partial charge in [0, 0.05) is 23.6 Å². The number of thioether (sulfide) groups is 1. The second kappa shape index (κ2) is 7.01. The van der Waals surface area contributed by atoms with Crippen LogP contribution in [-0.2, 0) is 6.54 Å². The second-order valence-electron chi connectivity index (χ2n) is 7.27. The van der Waals surface area contributed by atoms with Crippen LogP contribution in [0.1, 0.15) is 12.8 Å². The van der Waals surface area contributed by atoms with Crippen LogP contribution < -0.4 is 16.4 Å². The Balaban J connectivity index is 1.47. The van der Waals surface area contributed by atoms with Crippen LogP contribution >= 0.6 is 11.8 Å². The zero-order chi connectivity index (χ0) is 18.2. The largest absolute Gasteiger partial charge is 0.383 e. The number of nitrogen functional groups attached to an aromatic ring is 1. The first kappa shape index (κ1) is 16.8. The predicted molar refractivity (Wildman–Crippen MR) is 108 cm³/mol. The molecule has 2 aromatic heterocycles. The van der Waals surface area contributed by atoms with Gasteiger partial charge in [-0.1, -0.05) is 36.1 Å². The first-order valence-corrected chi connectivity index (χ1v) is 10.3. The summed E-state index contributed by atoms with van der Waals surface area (Å²) < 4.78 is 2.03. The predicted octanol–water partition coefficient (Wildman–Crippen LogP) is 2.06. The van der Waals surface area contributed by atoms with Crippen molar-refractivity contribution in [2.45, 2.75) is 30.5 Å². The highest BCUT2D eigenvalue weighted by atomic mass is 32.2. The number of aromatic nitrogens is 4. The molecule has 1 saturated heterocycles. The Morgan fingerprint density at radius 3 is 2.93 bits per heavy atom. The number of nitrogens with one attached hydrogen (secondary N) is 2. The van der Waals surface area contributed by atoms with Crippen molar-refractivity contribution < 1.29 is 0 Å². The van der Waals surface area contributed by atoms with E-state index in [2.05, 4.69) is 51.1 Å². The van der Waals surface area contributed by atoms with Crippen molar-refractivity contribution >= 4 is 28.6 Å². The summed E-state index contributed by atoms with van der Waals surface area (Å²) in [6.07, 6.45) is 14.6. The zero-order valence-corrected chi connectivity index (χ0v) is 15.8. The summed E-state index contributed by atoms with van der Waals surface area (Å²) >= 11 is 1.67. The lowest BCUT2D eigenvalue weighted by Gasteiger charge is -2.22. The molecule has 140 valence electrons. The van der Waals surface area contributed by atoms with Crippen LogP contribution in [0.15, 0.2) is 46.8 Å². The molecule has 0 aromatic carbocycles. The van der Waals surface area contributed by atoms with E-state index in [-0.39, 0.29) is 0 Å². The molecule has 4 heterocycles. The molecular formula is C19H23N7S. The van der Waals surface area contributed by atoms with Gasteiger partial charge in [0.1, 0.15) is 17.2 Å². The first-order valence-electron chi connectivity index (χ1n) is 9.46. The summed E-state index contributed by atoms with van der Waals surface area (Å²) in [5.74, 6) is 1.46. The fourth-order valence-electron chi connectivity index (χ4n) is 4.03. The van der Waals surface area contributed by atoms with E-state index in [0.29, 0.717) is 23.7 Å². The van der Waals surface area contributed by atoms with Crippen molar-refractivity contribution in [3.05, 3.63) is 41.7 Å². The summed E-state index contributed by atoms with van der Waals surface area (Å²) in [5.41, 5.74) is 7.06. The Morgan fingerprint density at radius 2 is 2.04 bits per heavy atom. The van der Waals surface area contributed by atoms with Crippen LogP contribution in [0.2, 0.25) is 0 Å². The smallest absolute Gasteiger partial charge is 0.164 e. The minimum atomic E-state index is 0.328. The first-order chi connectivity index (χ1) is 13.3. The van der Waals surface area contributed by atoms with E-state index in [9.17, 15) is 0 Å². The lowest BCUT2D eigenvalue weighted by atomic mass is 9.98. The fourth-order valence-corrected chi connectivity index (χ4v) is 5.18. The molecule has 1 fully saturated rings. The highest BCUT2D eigenvalue weighted by Crippen LogP contribution is 2.41. The van der Waals surface area contributed by atoms with E-state index < -0.39 is 0 Å². The van der Waals surface area contributed by atoms with Crippen molar-refractivity contribution in [3.8, 4) is 0 Å². The summed E-state index contributed by atoms with van der Waals surface area (Å²) in [7, 11) is 0. The van der Waals surface area contributed by atoms with Gasteiger partial charge in [0.15, 0.2) is 5.65 Å². The Labute approximate surface area is 162 Å². The zero-order valence-electron chi connectivity index (χ0n) is 15.0. The molecule has 2 unspecified atom stereocenters. The molecule has 2 aliphatic heterocycles. The summed E-state index contributed by atoms with van der Waals surface area (Å²) in [6, 6.07) is 0.328. The monoisotopic (exact) mass is 381 g/mol. The lowest BCUT2D eigenvalue weighted by molar-refractivity contribution is 0.323.